The van der Waals surface area contributed by atoms with Crippen molar-refractivity contribution in [1.29, 1.82) is 0 Å². The molecular weight excluding hydrogens is 228 g/mol. The van der Waals surface area contributed by atoms with Crippen molar-refractivity contribution in [3.05, 3.63) is 0 Å². The zero-order valence-electron chi connectivity index (χ0n) is 11.6. The first kappa shape index (κ1) is 15.4. The van der Waals surface area contributed by atoms with E-state index in [-0.39, 0.29) is 17.9 Å². The molecule has 1 aliphatic carbocycles. The van der Waals surface area contributed by atoms with Crippen molar-refractivity contribution in [2.75, 3.05) is 19.6 Å². The Hall–Kier alpha value is -0.610. The van der Waals surface area contributed by atoms with E-state index in [0.29, 0.717) is 13.0 Å². The highest BCUT2D eigenvalue weighted by Crippen LogP contribution is 2.23. The first-order valence-corrected chi connectivity index (χ1v) is 7.39. The molecule has 3 N–H and O–H groups in total. The lowest BCUT2D eigenvalue weighted by molar-refractivity contribution is -0.121. The molecule has 0 bridgehead atoms. The van der Waals surface area contributed by atoms with Crippen LogP contribution in [0.25, 0.3) is 0 Å². The molecule has 2 unspecified atom stereocenters. The molecule has 4 heteroatoms. The monoisotopic (exact) mass is 256 g/mol. The molecule has 0 aromatic heterocycles. The second-order valence-electron chi connectivity index (χ2n) is 5.27. The van der Waals surface area contributed by atoms with Gasteiger partial charge in [-0.05, 0) is 25.8 Å². The molecule has 18 heavy (non-hydrogen) atoms. The van der Waals surface area contributed by atoms with E-state index < -0.39 is 0 Å². The molecule has 4 nitrogen and oxygen atoms in total. The third-order valence-electron chi connectivity index (χ3n) is 3.67. The van der Waals surface area contributed by atoms with Gasteiger partial charge in [0.1, 0.15) is 0 Å². The van der Waals surface area contributed by atoms with E-state index in [1.165, 1.54) is 12.8 Å². The van der Waals surface area contributed by atoms with Crippen molar-refractivity contribution in [1.82, 2.24) is 10.6 Å². The number of aliphatic hydroxyl groups excluding tert-OH is 1. The summed E-state index contributed by atoms with van der Waals surface area (Å²) in [6.07, 6.45) is 6.88. The number of hydrogen-bond donors (Lipinski definition) is 3. The van der Waals surface area contributed by atoms with Crippen molar-refractivity contribution in [3.63, 3.8) is 0 Å². The van der Waals surface area contributed by atoms with Crippen molar-refractivity contribution >= 4 is 5.91 Å². The molecule has 1 fully saturated rings. The summed E-state index contributed by atoms with van der Waals surface area (Å²) in [5.41, 5.74) is 0. The maximum absolute atomic E-state index is 11.6. The molecule has 2 atom stereocenters. The molecule has 0 aromatic carbocycles. The number of carbonyl (C=O) groups excluding carboxylic acids is 1. The summed E-state index contributed by atoms with van der Waals surface area (Å²) in [6, 6.07) is 0. The minimum absolute atomic E-state index is 0.0942. The first-order valence-electron chi connectivity index (χ1n) is 7.39. The Kier molecular flexibility index (Phi) is 8.01. The van der Waals surface area contributed by atoms with Crippen LogP contribution in [0.2, 0.25) is 0 Å². The van der Waals surface area contributed by atoms with Gasteiger partial charge in [-0.15, -0.1) is 0 Å². The summed E-state index contributed by atoms with van der Waals surface area (Å²) in [6.45, 7) is 4.53. The highest BCUT2D eigenvalue weighted by Gasteiger charge is 2.22. The summed E-state index contributed by atoms with van der Waals surface area (Å²) in [5, 5.41) is 16.0. The second kappa shape index (κ2) is 9.34. The van der Waals surface area contributed by atoms with Gasteiger partial charge in [0, 0.05) is 25.4 Å². The smallest absolute Gasteiger partial charge is 0.221 e. The van der Waals surface area contributed by atoms with Crippen LogP contribution >= 0.6 is 0 Å². The quantitative estimate of drug-likeness (QED) is 0.576. The number of unbranched alkanes of at least 4 members (excludes halogenated alkanes) is 1. The Morgan fingerprint density at radius 1 is 1.28 bits per heavy atom. The zero-order chi connectivity index (χ0) is 13.2. The van der Waals surface area contributed by atoms with Gasteiger partial charge in [-0.2, -0.15) is 0 Å². The number of carbonyl (C=O) groups is 1. The van der Waals surface area contributed by atoms with Crippen LogP contribution in [0.1, 0.15) is 51.9 Å². The summed E-state index contributed by atoms with van der Waals surface area (Å²) < 4.78 is 0. The van der Waals surface area contributed by atoms with E-state index in [9.17, 15) is 9.90 Å². The van der Waals surface area contributed by atoms with Gasteiger partial charge in [0.15, 0.2) is 0 Å². The Labute approximate surface area is 111 Å². The Bertz CT molecular complexity index is 234. The summed E-state index contributed by atoms with van der Waals surface area (Å²) in [4.78, 5) is 11.6. The molecule has 0 aliphatic heterocycles. The van der Waals surface area contributed by atoms with Crippen LogP contribution in [0.4, 0.5) is 0 Å². The Morgan fingerprint density at radius 3 is 2.78 bits per heavy atom. The fourth-order valence-corrected chi connectivity index (χ4v) is 2.39. The van der Waals surface area contributed by atoms with Crippen LogP contribution in [0, 0.1) is 5.92 Å². The second-order valence-corrected chi connectivity index (χ2v) is 5.27. The number of nitrogens with one attached hydrogen (secondary N) is 2. The zero-order valence-corrected chi connectivity index (χ0v) is 11.6. The SMILES string of the molecule is CCCCNCCC(=O)NCC1CCCCC1O. The van der Waals surface area contributed by atoms with Crippen molar-refractivity contribution in [3.8, 4) is 0 Å². The van der Waals surface area contributed by atoms with Crippen LogP contribution in [-0.2, 0) is 4.79 Å². The van der Waals surface area contributed by atoms with Crippen molar-refractivity contribution in [2.24, 2.45) is 5.92 Å². The molecule has 0 radical (unpaired) electrons. The molecule has 0 aromatic rings. The molecular formula is C14H28N2O2. The topological polar surface area (TPSA) is 61.4 Å². The fraction of sp³-hybridized carbons (Fsp3) is 0.929. The van der Waals surface area contributed by atoms with E-state index >= 15 is 0 Å². The number of hydrogen-bond acceptors (Lipinski definition) is 3. The van der Waals surface area contributed by atoms with Crippen molar-refractivity contribution < 1.29 is 9.90 Å². The molecule has 106 valence electrons. The lowest BCUT2D eigenvalue weighted by Gasteiger charge is -2.27. The largest absolute Gasteiger partial charge is 0.393 e. The Morgan fingerprint density at radius 2 is 2.06 bits per heavy atom. The highest BCUT2D eigenvalue weighted by atomic mass is 16.3. The standard InChI is InChI=1S/C14H28N2O2/c1-2-3-9-15-10-8-14(18)16-11-12-6-4-5-7-13(12)17/h12-13,15,17H,2-11H2,1H3,(H,16,18). The lowest BCUT2D eigenvalue weighted by atomic mass is 9.86. The predicted octanol–water partition coefficient (Wildman–Crippen LogP) is 1.43. The predicted molar refractivity (Wildman–Crippen MR) is 73.4 cm³/mol. The van der Waals surface area contributed by atoms with Gasteiger partial charge < -0.3 is 15.7 Å². The van der Waals surface area contributed by atoms with Gasteiger partial charge in [0.05, 0.1) is 6.10 Å². The minimum atomic E-state index is -0.221. The van der Waals surface area contributed by atoms with Gasteiger partial charge in [0.25, 0.3) is 0 Å². The first-order chi connectivity index (χ1) is 8.74. The van der Waals surface area contributed by atoms with E-state index in [1.54, 1.807) is 0 Å². The van der Waals surface area contributed by atoms with Gasteiger partial charge in [-0.1, -0.05) is 26.2 Å². The lowest BCUT2D eigenvalue weighted by Crippen LogP contribution is -2.37. The fourth-order valence-electron chi connectivity index (χ4n) is 2.39. The molecule has 0 spiro atoms. The van der Waals surface area contributed by atoms with Crippen LogP contribution in [0.3, 0.4) is 0 Å². The number of rotatable bonds is 8. The van der Waals surface area contributed by atoms with E-state index in [1.807, 2.05) is 0 Å². The minimum Gasteiger partial charge on any atom is -0.393 e. The highest BCUT2D eigenvalue weighted by molar-refractivity contribution is 5.76. The summed E-state index contributed by atoms with van der Waals surface area (Å²) in [7, 11) is 0. The van der Waals surface area contributed by atoms with Crippen LogP contribution in [0.5, 0.6) is 0 Å². The van der Waals surface area contributed by atoms with Gasteiger partial charge in [-0.3, -0.25) is 4.79 Å². The van der Waals surface area contributed by atoms with E-state index in [4.69, 9.17) is 0 Å². The number of aliphatic hydroxyl groups is 1. The Balaban J connectivity index is 2.02. The molecule has 0 heterocycles. The van der Waals surface area contributed by atoms with E-state index in [0.717, 1.165) is 38.8 Å². The average molecular weight is 256 g/mol. The molecule has 0 saturated heterocycles. The van der Waals surface area contributed by atoms with Crippen LogP contribution in [-0.4, -0.2) is 36.8 Å². The van der Waals surface area contributed by atoms with Crippen molar-refractivity contribution in [2.45, 2.75) is 58.0 Å². The normalized spacial score (nSPS) is 23.9. The summed E-state index contributed by atoms with van der Waals surface area (Å²) in [5.74, 6) is 0.354. The number of amides is 1. The maximum Gasteiger partial charge on any atom is 0.221 e. The van der Waals surface area contributed by atoms with Gasteiger partial charge in [-0.25, -0.2) is 0 Å². The molecule has 1 saturated carbocycles. The maximum atomic E-state index is 11.6. The van der Waals surface area contributed by atoms with Gasteiger partial charge in [0.2, 0.25) is 5.91 Å². The molecule has 1 rings (SSSR count). The van der Waals surface area contributed by atoms with Gasteiger partial charge >= 0.3 is 0 Å². The third-order valence-corrected chi connectivity index (χ3v) is 3.67. The molecule has 1 amide bonds. The third kappa shape index (κ3) is 6.36. The van der Waals surface area contributed by atoms with Crippen LogP contribution < -0.4 is 10.6 Å². The van der Waals surface area contributed by atoms with Crippen LogP contribution in [0.15, 0.2) is 0 Å². The molecule has 1 aliphatic rings. The summed E-state index contributed by atoms with van der Waals surface area (Å²) >= 11 is 0. The average Bonchev–Trinajstić information content (AvgIpc) is 2.37. The van der Waals surface area contributed by atoms with E-state index in [2.05, 4.69) is 17.6 Å².